The largest absolute Gasteiger partial charge is 0.377 e. The van der Waals surface area contributed by atoms with Gasteiger partial charge in [0.25, 0.3) is 0 Å². The molecule has 2 rings (SSSR count). The molecule has 1 N–H and O–H groups in total. The summed E-state index contributed by atoms with van der Waals surface area (Å²) in [5.74, 6) is -0.493. The van der Waals surface area contributed by atoms with Crippen molar-refractivity contribution in [1.82, 2.24) is 0 Å². The molecular formula is C15H14F2IN. The Hall–Kier alpha value is -1.17. The Bertz CT molecular complexity index is 572. The van der Waals surface area contributed by atoms with Gasteiger partial charge in [0.15, 0.2) is 0 Å². The van der Waals surface area contributed by atoms with E-state index in [4.69, 9.17) is 0 Å². The summed E-state index contributed by atoms with van der Waals surface area (Å²) < 4.78 is 27.6. The van der Waals surface area contributed by atoms with Crippen LogP contribution in [0, 0.1) is 15.2 Å². The van der Waals surface area contributed by atoms with Gasteiger partial charge in [-0.2, -0.15) is 0 Å². The number of halogens is 3. The van der Waals surface area contributed by atoms with Gasteiger partial charge < -0.3 is 5.32 Å². The molecule has 0 aliphatic carbocycles. The smallest absolute Gasteiger partial charge is 0.128 e. The fourth-order valence-corrected chi connectivity index (χ4v) is 2.58. The summed E-state index contributed by atoms with van der Waals surface area (Å²) in [5.41, 5.74) is 1.45. The zero-order valence-electron chi connectivity index (χ0n) is 10.5. The van der Waals surface area contributed by atoms with Crippen molar-refractivity contribution in [2.75, 3.05) is 5.32 Å². The van der Waals surface area contributed by atoms with E-state index in [-0.39, 0.29) is 17.7 Å². The maximum atomic E-state index is 13.8. The van der Waals surface area contributed by atoms with Gasteiger partial charge in [-0.1, -0.05) is 25.1 Å². The van der Waals surface area contributed by atoms with E-state index in [1.165, 1.54) is 18.2 Å². The zero-order chi connectivity index (χ0) is 13.8. The minimum atomic E-state index is -0.270. The number of nitrogens with one attached hydrogen (secondary N) is 1. The van der Waals surface area contributed by atoms with Crippen molar-refractivity contribution < 1.29 is 8.78 Å². The summed E-state index contributed by atoms with van der Waals surface area (Å²) in [6.07, 6.45) is 0.744. The quantitative estimate of drug-likeness (QED) is 0.733. The van der Waals surface area contributed by atoms with Crippen LogP contribution in [0.3, 0.4) is 0 Å². The number of anilines is 1. The maximum absolute atomic E-state index is 13.8. The highest BCUT2D eigenvalue weighted by Crippen LogP contribution is 2.27. The number of hydrogen-bond acceptors (Lipinski definition) is 1. The van der Waals surface area contributed by atoms with Crippen molar-refractivity contribution in [3.63, 3.8) is 0 Å². The normalized spacial score (nSPS) is 12.2. The minimum Gasteiger partial charge on any atom is -0.377 e. The molecule has 0 radical (unpaired) electrons. The van der Waals surface area contributed by atoms with E-state index in [9.17, 15) is 8.78 Å². The molecule has 0 spiro atoms. The van der Waals surface area contributed by atoms with Gasteiger partial charge in [0, 0.05) is 14.8 Å². The molecule has 2 aromatic carbocycles. The van der Waals surface area contributed by atoms with Crippen LogP contribution in [0.5, 0.6) is 0 Å². The Kier molecular flexibility index (Phi) is 4.74. The zero-order valence-corrected chi connectivity index (χ0v) is 12.6. The Morgan fingerprint density at radius 3 is 2.53 bits per heavy atom. The molecule has 0 fully saturated rings. The van der Waals surface area contributed by atoms with Crippen LogP contribution in [0.4, 0.5) is 14.5 Å². The first-order chi connectivity index (χ1) is 9.11. The highest BCUT2D eigenvalue weighted by molar-refractivity contribution is 14.1. The van der Waals surface area contributed by atoms with Gasteiger partial charge in [-0.05, 0) is 53.3 Å². The van der Waals surface area contributed by atoms with Crippen LogP contribution in [0.15, 0.2) is 42.5 Å². The first-order valence-corrected chi connectivity index (χ1v) is 7.15. The van der Waals surface area contributed by atoms with E-state index < -0.39 is 0 Å². The van der Waals surface area contributed by atoms with Crippen LogP contribution in [0.1, 0.15) is 24.9 Å². The summed E-state index contributed by atoms with van der Waals surface area (Å²) in [7, 11) is 0. The van der Waals surface area contributed by atoms with E-state index in [1.807, 2.05) is 13.0 Å². The van der Waals surface area contributed by atoms with E-state index in [2.05, 4.69) is 27.9 Å². The van der Waals surface area contributed by atoms with Gasteiger partial charge >= 0.3 is 0 Å². The first-order valence-electron chi connectivity index (χ1n) is 6.08. The molecule has 0 amide bonds. The molecule has 4 heteroatoms. The fraction of sp³-hybridized carbons (Fsp3) is 0.200. The highest BCUT2D eigenvalue weighted by atomic mass is 127. The molecule has 0 aliphatic rings. The third-order valence-corrected chi connectivity index (χ3v) is 3.84. The molecule has 2 aromatic rings. The average molecular weight is 373 g/mol. The van der Waals surface area contributed by atoms with Gasteiger partial charge in [0.05, 0.1) is 6.04 Å². The molecule has 1 unspecified atom stereocenters. The first kappa shape index (κ1) is 14.2. The lowest BCUT2D eigenvalue weighted by atomic mass is 10.0. The maximum Gasteiger partial charge on any atom is 0.128 e. The number of hydrogen-bond donors (Lipinski definition) is 1. The van der Waals surface area contributed by atoms with Crippen LogP contribution >= 0.6 is 22.6 Å². The predicted molar refractivity (Wildman–Crippen MR) is 82.2 cm³/mol. The third-order valence-electron chi connectivity index (χ3n) is 2.95. The van der Waals surface area contributed by atoms with E-state index in [0.29, 0.717) is 5.56 Å². The molecule has 0 heterocycles. The average Bonchev–Trinajstić information content (AvgIpc) is 2.39. The van der Waals surface area contributed by atoms with Crippen molar-refractivity contribution in [2.24, 2.45) is 0 Å². The van der Waals surface area contributed by atoms with Crippen molar-refractivity contribution in [3.8, 4) is 0 Å². The Labute approximate surface area is 125 Å². The predicted octanol–water partition coefficient (Wildman–Crippen LogP) is 5.13. The minimum absolute atomic E-state index is 0.125. The molecule has 0 saturated heterocycles. The Balaban J connectivity index is 2.27. The van der Waals surface area contributed by atoms with Crippen LogP contribution < -0.4 is 5.32 Å². The third kappa shape index (κ3) is 3.43. The summed E-state index contributed by atoms with van der Waals surface area (Å²) >= 11 is 2.07. The number of benzene rings is 2. The monoisotopic (exact) mass is 373 g/mol. The van der Waals surface area contributed by atoms with Crippen LogP contribution in [0.25, 0.3) is 0 Å². The van der Waals surface area contributed by atoms with Gasteiger partial charge in [0.2, 0.25) is 0 Å². The second-order valence-corrected chi connectivity index (χ2v) is 5.41. The van der Waals surface area contributed by atoms with E-state index in [0.717, 1.165) is 15.7 Å². The van der Waals surface area contributed by atoms with Gasteiger partial charge in [-0.25, -0.2) is 8.78 Å². The molecule has 1 nitrogen and oxygen atoms in total. The van der Waals surface area contributed by atoms with E-state index in [1.54, 1.807) is 18.2 Å². The fourth-order valence-electron chi connectivity index (χ4n) is 1.95. The topological polar surface area (TPSA) is 12.0 Å². The Morgan fingerprint density at radius 1 is 1.16 bits per heavy atom. The van der Waals surface area contributed by atoms with Gasteiger partial charge in [0.1, 0.15) is 11.6 Å². The van der Waals surface area contributed by atoms with E-state index >= 15 is 0 Å². The van der Waals surface area contributed by atoms with Crippen LogP contribution in [-0.2, 0) is 0 Å². The van der Waals surface area contributed by atoms with Crippen LogP contribution in [-0.4, -0.2) is 0 Å². The SMILES string of the molecule is CCC(Nc1ccc(F)cc1I)c1ccccc1F. The molecule has 1 atom stereocenters. The van der Waals surface area contributed by atoms with Gasteiger partial charge in [-0.3, -0.25) is 0 Å². The lowest BCUT2D eigenvalue weighted by Crippen LogP contribution is -2.12. The van der Waals surface area contributed by atoms with Gasteiger partial charge in [-0.15, -0.1) is 0 Å². The molecule has 19 heavy (non-hydrogen) atoms. The molecule has 100 valence electrons. The second-order valence-electron chi connectivity index (χ2n) is 4.25. The van der Waals surface area contributed by atoms with Crippen molar-refractivity contribution >= 4 is 28.3 Å². The molecular weight excluding hydrogens is 359 g/mol. The lowest BCUT2D eigenvalue weighted by Gasteiger charge is -2.20. The number of rotatable bonds is 4. The standard InChI is InChI=1S/C15H14F2IN/c1-2-14(11-5-3-4-6-12(11)17)19-15-8-7-10(16)9-13(15)18/h3-9,14,19H,2H2,1H3. The molecule has 0 aliphatic heterocycles. The van der Waals surface area contributed by atoms with Crippen molar-refractivity contribution in [3.05, 3.63) is 63.2 Å². The summed E-state index contributed by atoms with van der Waals surface area (Å²) in [6.45, 7) is 1.99. The molecule has 0 bridgehead atoms. The molecule has 0 aromatic heterocycles. The summed E-state index contributed by atoms with van der Waals surface area (Å²) in [4.78, 5) is 0. The molecule has 0 saturated carbocycles. The summed E-state index contributed by atoms with van der Waals surface area (Å²) in [5, 5.41) is 3.27. The Morgan fingerprint density at radius 2 is 1.89 bits per heavy atom. The summed E-state index contributed by atoms with van der Waals surface area (Å²) in [6, 6.07) is 11.1. The van der Waals surface area contributed by atoms with Crippen molar-refractivity contribution in [2.45, 2.75) is 19.4 Å². The van der Waals surface area contributed by atoms with Crippen molar-refractivity contribution in [1.29, 1.82) is 0 Å². The highest BCUT2D eigenvalue weighted by Gasteiger charge is 2.14. The second kappa shape index (κ2) is 6.32. The van der Waals surface area contributed by atoms with Crippen LogP contribution in [0.2, 0.25) is 0 Å². The lowest BCUT2D eigenvalue weighted by molar-refractivity contribution is 0.587.